The van der Waals surface area contributed by atoms with E-state index in [1.807, 2.05) is 6.07 Å². The van der Waals surface area contributed by atoms with E-state index in [1.165, 1.54) is 15.8 Å². The van der Waals surface area contributed by atoms with Crippen molar-refractivity contribution in [2.24, 2.45) is 0 Å². The predicted octanol–water partition coefficient (Wildman–Crippen LogP) is 1.56. The number of nitrogens with zero attached hydrogens (tertiary/aromatic N) is 5. The Balaban J connectivity index is 1.43. The third-order valence-electron chi connectivity index (χ3n) is 4.87. The fourth-order valence-corrected chi connectivity index (χ4v) is 3.36. The van der Waals surface area contributed by atoms with E-state index >= 15 is 0 Å². The van der Waals surface area contributed by atoms with Crippen molar-refractivity contribution in [1.82, 2.24) is 19.6 Å². The summed E-state index contributed by atoms with van der Waals surface area (Å²) in [6.07, 6.45) is 1.60. The first kappa shape index (κ1) is 18.0. The first-order valence-corrected chi connectivity index (χ1v) is 9.19. The maximum Gasteiger partial charge on any atom is 0.442 e. The fraction of sp³-hybridized carbons (Fsp3) is 0.300. The zero-order valence-electron chi connectivity index (χ0n) is 15.6. The molecule has 4 rings (SSSR count). The van der Waals surface area contributed by atoms with Crippen LogP contribution in [-0.4, -0.2) is 51.7 Å². The molecule has 0 saturated carbocycles. The van der Waals surface area contributed by atoms with Crippen LogP contribution < -0.4 is 10.7 Å². The molecule has 0 bridgehead atoms. The molecular formula is C20H21N5O3. The molecule has 0 unspecified atom stereocenters. The van der Waals surface area contributed by atoms with Crippen LogP contribution in [0.15, 0.2) is 58.0 Å². The second kappa shape index (κ2) is 7.67. The van der Waals surface area contributed by atoms with Crippen molar-refractivity contribution in [3.8, 4) is 11.5 Å². The molecule has 0 aliphatic carbocycles. The van der Waals surface area contributed by atoms with Crippen molar-refractivity contribution >= 4 is 11.6 Å². The van der Waals surface area contributed by atoms with Crippen LogP contribution in [0.3, 0.4) is 0 Å². The minimum atomic E-state index is -0.660. The van der Waals surface area contributed by atoms with Gasteiger partial charge < -0.3 is 9.80 Å². The summed E-state index contributed by atoms with van der Waals surface area (Å²) in [4.78, 5) is 33.0. The number of amides is 1. The van der Waals surface area contributed by atoms with Gasteiger partial charge in [0.15, 0.2) is 0 Å². The van der Waals surface area contributed by atoms with Gasteiger partial charge in [0.1, 0.15) is 12.2 Å². The van der Waals surface area contributed by atoms with E-state index < -0.39 is 5.76 Å². The monoisotopic (exact) mass is 379 g/mol. The number of carbonyl (C=O) groups excluding carboxylic acids is 1. The zero-order chi connectivity index (χ0) is 19.5. The molecule has 0 atom stereocenters. The highest BCUT2D eigenvalue weighted by Crippen LogP contribution is 2.18. The van der Waals surface area contributed by atoms with E-state index in [4.69, 9.17) is 4.52 Å². The lowest BCUT2D eigenvalue weighted by Gasteiger charge is -2.36. The summed E-state index contributed by atoms with van der Waals surface area (Å²) in [7, 11) is 0. The molecule has 8 nitrogen and oxygen atoms in total. The van der Waals surface area contributed by atoms with Crippen molar-refractivity contribution < 1.29 is 9.32 Å². The molecule has 1 aliphatic rings. The smallest absolute Gasteiger partial charge is 0.368 e. The van der Waals surface area contributed by atoms with Gasteiger partial charge in [0.05, 0.1) is 0 Å². The summed E-state index contributed by atoms with van der Waals surface area (Å²) < 4.78 is 6.00. The highest BCUT2D eigenvalue weighted by Gasteiger charge is 2.24. The number of rotatable bonds is 4. The summed E-state index contributed by atoms with van der Waals surface area (Å²) in [5.41, 5.74) is 2.87. The summed E-state index contributed by atoms with van der Waals surface area (Å²) in [5, 5.41) is 3.78. The number of anilines is 1. The van der Waals surface area contributed by atoms with E-state index in [-0.39, 0.29) is 18.3 Å². The summed E-state index contributed by atoms with van der Waals surface area (Å²) in [6, 6.07) is 13.6. The van der Waals surface area contributed by atoms with Gasteiger partial charge in [0.2, 0.25) is 11.7 Å². The van der Waals surface area contributed by atoms with Crippen LogP contribution in [0.5, 0.6) is 0 Å². The van der Waals surface area contributed by atoms with E-state index in [2.05, 4.69) is 40.2 Å². The SMILES string of the molecule is Cc1cccc(N2CCN(C(=O)Cn3c(-c4ccccn4)noc3=O)CC2)c1. The lowest BCUT2D eigenvalue weighted by Crippen LogP contribution is -2.50. The minimum absolute atomic E-state index is 0.112. The molecule has 1 saturated heterocycles. The quantitative estimate of drug-likeness (QED) is 0.684. The van der Waals surface area contributed by atoms with Gasteiger partial charge in [-0.1, -0.05) is 23.4 Å². The maximum atomic E-state index is 12.8. The Hall–Kier alpha value is -3.42. The number of carbonyl (C=O) groups is 1. The molecule has 28 heavy (non-hydrogen) atoms. The van der Waals surface area contributed by atoms with Crippen molar-refractivity contribution in [3.63, 3.8) is 0 Å². The van der Waals surface area contributed by atoms with E-state index in [0.29, 0.717) is 18.8 Å². The number of hydrogen-bond donors (Lipinski definition) is 0. The lowest BCUT2D eigenvalue weighted by molar-refractivity contribution is -0.132. The summed E-state index contributed by atoms with van der Waals surface area (Å²) >= 11 is 0. The molecule has 144 valence electrons. The number of aromatic nitrogens is 3. The average molecular weight is 379 g/mol. The number of pyridine rings is 1. The largest absolute Gasteiger partial charge is 0.442 e. The highest BCUT2D eigenvalue weighted by atomic mass is 16.5. The molecule has 1 aromatic carbocycles. The Morgan fingerprint density at radius 2 is 1.93 bits per heavy atom. The lowest BCUT2D eigenvalue weighted by atomic mass is 10.2. The predicted molar refractivity (Wildman–Crippen MR) is 104 cm³/mol. The second-order valence-electron chi connectivity index (χ2n) is 6.78. The number of piperazine rings is 1. The molecular weight excluding hydrogens is 358 g/mol. The molecule has 1 aliphatic heterocycles. The average Bonchev–Trinajstić information content (AvgIpc) is 3.09. The second-order valence-corrected chi connectivity index (χ2v) is 6.78. The molecule has 0 spiro atoms. The molecule has 1 fully saturated rings. The van der Waals surface area contributed by atoms with Crippen molar-refractivity contribution in [2.75, 3.05) is 31.1 Å². The van der Waals surface area contributed by atoms with Crippen LogP contribution >= 0.6 is 0 Å². The highest BCUT2D eigenvalue weighted by molar-refractivity contribution is 5.77. The van der Waals surface area contributed by atoms with Gasteiger partial charge in [-0.2, -0.15) is 0 Å². The third kappa shape index (κ3) is 3.66. The van der Waals surface area contributed by atoms with Crippen LogP contribution in [0.4, 0.5) is 5.69 Å². The van der Waals surface area contributed by atoms with Crippen LogP contribution in [0.25, 0.3) is 11.5 Å². The van der Waals surface area contributed by atoms with Gasteiger partial charge >= 0.3 is 5.76 Å². The van der Waals surface area contributed by atoms with Gasteiger partial charge in [-0.25, -0.2) is 9.36 Å². The Labute approximate surface area is 162 Å². The molecule has 8 heteroatoms. The molecule has 3 aromatic rings. The van der Waals surface area contributed by atoms with E-state index in [1.54, 1.807) is 29.3 Å². The van der Waals surface area contributed by atoms with Crippen LogP contribution in [0, 0.1) is 6.92 Å². The Morgan fingerprint density at radius 1 is 1.11 bits per heavy atom. The van der Waals surface area contributed by atoms with E-state index in [9.17, 15) is 9.59 Å². The zero-order valence-corrected chi connectivity index (χ0v) is 15.6. The standard InChI is InChI=1S/C20H21N5O3/c1-15-5-4-6-16(13-15)23-9-11-24(12-10-23)18(26)14-25-19(22-28-20(25)27)17-7-2-3-8-21-17/h2-8,13H,9-12,14H2,1H3. The topological polar surface area (TPSA) is 84.5 Å². The first-order chi connectivity index (χ1) is 13.6. The van der Waals surface area contributed by atoms with Gasteiger partial charge in [-0.05, 0) is 36.8 Å². The van der Waals surface area contributed by atoms with Crippen LogP contribution in [0.1, 0.15) is 5.56 Å². The van der Waals surface area contributed by atoms with Gasteiger partial charge in [0.25, 0.3) is 0 Å². The number of hydrogen-bond acceptors (Lipinski definition) is 6. The Kier molecular flexibility index (Phi) is 4.92. The number of benzene rings is 1. The van der Waals surface area contributed by atoms with Crippen molar-refractivity contribution in [3.05, 3.63) is 64.8 Å². The summed E-state index contributed by atoms with van der Waals surface area (Å²) in [6.45, 7) is 4.66. The first-order valence-electron chi connectivity index (χ1n) is 9.19. The Morgan fingerprint density at radius 3 is 2.64 bits per heavy atom. The molecule has 3 heterocycles. The Bertz CT molecular complexity index is 1020. The normalized spacial score (nSPS) is 14.3. The van der Waals surface area contributed by atoms with Crippen molar-refractivity contribution in [1.29, 1.82) is 0 Å². The van der Waals surface area contributed by atoms with Crippen molar-refractivity contribution in [2.45, 2.75) is 13.5 Å². The van der Waals surface area contributed by atoms with Gasteiger partial charge in [0, 0.05) is 38.1 Å². The molecule has 0 N–H and O–H groups in total. The molecule has 1 amide bonds. The fourth-order valence-electron chi connectivity index (χ4n) is 3.36. The molecule has 0 radical (unpaired) electrons. The maximum absolute atomic E-state index is 12.8. The van der Waals surface area contributed by atoms with Gasteiger partial charge in [-0.15, -0.1) is 0 Å². The minimum Gasteiger partial charge on any atom is -0.368 e. The van der Waals surface area contributed by atoms with E-state index in [0.717, 1.165) is 13.1 Å². The summed E-state index contributed by atoms with van der Waals surface area (Å²) in [5.74, 6) is -0.531. The number of aryl methyl sites for hydroxylation is 1. The third-order valence-corrected chi connectivity index (χ3v) is 4.87. The van der Waals surface area contributed by atoms with Crippen LogP contribution in [-0.2, 0) is 11.3 Å². The molecule has 2 aromatic heterocycles. The van der Waals surface area contributed by atoms with Crippen LogP contribution in [0.2, 0.25) is 0 Å². The van der Waals surface area contributed by atoms with Gasteiger partial charge in [-0.3, -0.25) is 14.3 Å².